The van der Waals surface area contributed by atoms with E-state index in [0.717, 1.165) is 29.8 Å². The van der Waals surface area contributed by atoms with E-state index in [9.17, 15) is 5.26 Å². The van der Waals surface area contributed by atoms with Crippen molar-refractivity contribution in [2.75, 3.05) is 0 Å². The van der Waals surface area contributed by atoms with Crippen LogP contribution in [0.5, 0.6) is 5.75 Å². The maximum atomic E-state index is 9.66. The first-order chi connectivity index (χ1) is 24.0. The highest BCUT2D eigenvalue weighted by atomic mass is 16.5. The van der Waals surface area contributed by atoms with Gasteiger partial charge in [-0.25, -0.2) is 0 Å². The molecule has 3 aliphatic rings. The number of hydrogen-bond acceptors (Lipinski definition) is 2. The number of nitriles is 1. The molecule has 49 heavy (non-hydrogen) atoms. The fourth-order valence-electron chi connectivity index (χ4n) is 8.73. The molecule has 7 aromatic rings. The number of hydrogen-bond donors (Lipinski definition) is 0. The number of rotatable bonds is 3. The summed E-state index contributed by atoms with van der Waals surface area (Å²) >= 11 is 0. The van der Waals surface area contributed by atoms with Crippen LogP contribution in [0, 0.1) is 11.3 Å². The SMILES string of the molecule is CC12CC=C(n3c4ccccc4c4c(C5(C)C=Cc6c(c7ccccc7n6-c6cccc(C#N)c6)C5)cccc43)C=C1c1ccccc1O2. The van der Waals surface area contributed by atoms with Crippen molar-refractivity contribution in [3.05, 3.63) is 161 Å². The Bertz CT molecular complexity index is 2690. The fraction of sp³-hybridized carbons (Fsp3) is 0.133. The molecule has 0 spiro atoms. The van der Waals surface area contributed by atoms with Crippen LogP contribution in [0.2, 0.25) is 0 Å². The summed E-state index contributed by atoms with van der Waals surface area (Å²) in [7, 11) is 0. The smallest absolute Gasteiger partial charge is 0.135 e. The number of ether oxygens (including phenoxy) is 1. The summed E-state index contributed by atoms with van der Waals surface area (Å²) in [5.41, 5.74) is 12.1. The van der Waals surface area contributed by atoms with E-state index in [2.05, 4.69) is 150 Å². The van der Waals surface area contributed by atoms with Gasteiger partial charge in [0.1, 0.15) is 11.4 Å². The summed E-state index contributed by atoms with van der Waals surface area (Å²) in [5.74, 6) is 0.964. The molecule has 0 N–H and O–H groups in total. The standard InChI is InChI=1S/C45H33N3O/c1-44(23-22-40-35(27-44)32-13-3-6-17-38(32)47(40)30-12-9-11-29(25-30)28-46)36-16-10-19-41-43(36)34-15-4-7-18-39(34)48(41)31-21-24-45(2)37(26-31)33-14-5-8-20-42(33)49-45/h3-23,25-26H,24,27H2,1-2H3. The molecule has 4 heteroatoms. The molecule has 0 radical (unpaired) electrons. The molecule has 0 amide bonds. The zero-order valence-electron chi connectivity index (χ0n) is 27.4. The van der Waals surface area contributed by atoms with Crippen molar-refractivity contribution in [1.82, 2.24) is 9.13 Å². The topological polar surface area (TPSA) is 42.9 Å². The molecule has 2 atom stereocenters. The lowest BCUT2D eigenvalue weighted by molar-refractivity contribution is 0.170. The van der Waals surface area contributed by atoms with Gasteiger partial charge in [-0.15, -0.1) is 0 Å². The second-order valence-corrected chi connectivity index (χ2v) is 14.1. The maximum absolute atomic E-state index is 9.66. The van der Waals surface area contributed by atoms with Crippen LogP contribution >= 0.6 is 0 Å². The summed E-state index contributed by atoms with van der Waals surface area (Å²) < 4.78 is 11.3. The molecule has 0 saturated carbocycles. The van der Waals surface area contributed by atoms with Gasteiger partial charge in [-0.2, -0.15) is 5.26 Å². The average Bonchev–Trinajstić information content (AvgIpc) is 3.76. The van der Waals surface area contributed by atoms with Crippen LogP contribution in [-0.2, 0) is 11.8 Å². The molecular formula is C45H33N3O. The number of nitrogens with zero attached hydrogens (tertiary/aromatic N) is 3. The first-order valence-corrected chi connectivity index (χ1v) is 17.0. The highest BCUT2D eigenvalue weighted by Crippen LogP contribution is 2.50. The first-order valence-electron chi connectivity index (χ1n) is 17.0. The van der Waals surface area contributed by atoms with Crippen molar-refractivity contribution in [2.45, 2.75) is 37.7 Å². The minimum Gasteiger partial charge on any atom is -0.482 e. The van der Waals surface area contributed by atoms with Gasteiger partial charge in [-0.1, -0.05) is 91.9 Å². The second kappa shape index (κ2) is 9.98. The normalized spacial score (nSPS) is 20.8. The molecule has 2 aromatic heterocycles. The summed E-state index contributed by atoms with van der Waals surface area (Å²) in [6.45, 7) is 4.59. The van der Waals surface area contributed by atoms with Crippen LogP contribution in [-0.4, -0.2) is 14.7 Å². The van der Waals surface area contributed by atoms with Crippen LogP contribution in [0.25, 0.3) is 55.7 Å². The fourth-order valence-corrected chi connectivity index (χ4v) is 8.73. The Labute approximate surface area is 285 Å². The molecule has 2 unspecified atom stereocenters. The summed E-state index contributed by atoms with van der Waals surface area (Å²) in [6.07, 6.45) is 11.1. The molecule has 0 fully saturated rings. The third-order valence-corrected chi connectivity index (χ3v) is 11.1. The third kappa shape index (κ3) is 3.90. The van der Waals surface area contributed by atoms with E-state index < -0.39 is 0 Å². The van der Waals surface area contributed by atoms with Crippen molar-refractivity contribution < 1.29 is 4.74 Å². The summed E-state index contributed by atoms with van der Waals surface area (Å²) in [4.78, 5) is 0. The Morgan fingerprint density at radius 1 is 0.755 bits per heavy atom. The summed E-state index contributed by atoms with van der Waals surface area (Å²) in [6, 6.07) is 43.0. The van der Waals surface area contributed by atoms with Crippen molar-refractivity contribution in [1.29, 1.82) is 5.26 Å². The molecule has 3 heterocycles. The Balaban J connectivity index is 1.16. The largest absolute Gasteiger partial charge is 0.482 e. The van der Waals surface area contributed by atoms with Gasteiger partial charge in [-0.05, 0) is 79.1 Å². The number of benzene rings is 5. The monoisotopic (exact) mass is 631 g/mol. The zero-order valence-corrected chi connectivity index (χ0v) is 27.4. The van der Waals surface area contributed by atoms with E-state index in [1.165, 1.54) is 60.8 Å². The van der Waals surface area contributed by atoms with Gasteiger partial charge in [0.15, 0.2) is 0 Å². The Morgan fingerprint density at radius 3 is 2.35 bits per heavy atom. The molecular weight excluding hydrogens is 599 g/mol. The predicted molar refractivity (Wildman–Crippen MR) is 200 cm³/mol. The molecule has 5 aromatic carbocycles. The Hall–Kier alpha value is -6.05. The third-order valence-electron chi connectivity index (χ3n) is 11.1. The average molecular weight is 632 g/mol. The highest BCUT2D eigenvalue weighted by Gasteiger charge is 2.41. The number of para-hydroxylation sites is 3. The van der Waals surface area contributed by atoms with Gasteiger partial charge < -0.3 is 13.9 Å². The van der Waals surface area contributed by atoms with Crippen LogP contribution in [0.4, 0.5) is 0 Å². The lowest BCUT2D eigenvalue weighted by Gasteiger charge is -2.31. The minimum absolute atomic E-state index is 0.249. The van der Waals surface area contributed by atoms with E-state index >= 15 is 0 Å². The Morgan fingerprint density at radius 2 is 1.49 bits per heavy atom. The summed E-state index contributed by atoms with van der Waals surface area (Å²) in [5, 5.41) is 13.5. The molecule has 1 aliphatic heterocycles. The predicted octanol–water partition coefficient (Wildman–Crippen LogP) is 10.6. The van der Waals surface area contributed by atoms with E-state index in [0.29, 0.717) is 5.56 Å². The van der Waals surface area contributed by atoms with Gasteiger partial charge in [0.2, 0.25) is 0 Å². The van der Waals surface area contributed by atoms with Crippen molar-refractivity contribution >= 4 is 50.1 Å². The van der Waals surface area contributed by atoms with Gasteiger partial charge in [0, 0.05) is 56.2 Å². The highest BCUT2D eigenvalue weighted by molar-refractivity contribution is 6.13. The van der Waals surface area contributed by atoms with Crippen LogP contribution in [0.15, 0.2) is 133 Å². The van der Waals surface area contributed by atoms with Crippen molar-refractivity contribution in [2.24, 2.45) is 0 Å². The van der Waals surface area contributed by atoms with Crippen molar-refractivity contribution in [3.63, 3.8) is 0 Å². The molecule has 234 valence electrons. The van der Waals surface area contributed by atoms with Crippen LogP contribution < -0.4 is 4.74 Å². The number of aromatic nitrogens is 2. The van der Waals surface area contributed by atoms with Crippen molar-refractivity contribution in [3.8, 4) is 17.5 Å². The lowest BCUT2D eigenvalue weighted by Crippen LogP contribution is -2.30. The first kappa shape index (κ1) is 28.0. The lowest BCUT2D eigenvalue weighted by atomic mass is 9.72. The number of fused-ring (bicyclic) bond motifs is 9. The second-order valence-electron chi connectivity index (χ2n) is 14.1. The van der Waals surface area contributed by atoms with Crippen LogP contribution in [0.3, 0.4) is 0 Å². The quantitative estimate of drug-likeness (QED) is 0.195. The molecule has 4 nitrogen and oxygen atoms in total. The maximum Gasteiger partial charge on any atom is 0.135 e. The molecule has 0 saturated heterocycles. The number of allylic oxidation sites excluding steroid dienone is 3. The van der Waals surface area contributed by atoms with E-state index in [1.807, 2.05) is 18.2 Å². The van der Waals surface area contributed by atoms with E-state index in [4.69, 9.17) is 4.74 Å². The van der Waals surface area contributed by atoms with Gasteiger partial charge >= 0.3 is 0 Å². The van der Waals surface area contributed by atoms with Crippen LogP contribution in [0.1, 0.15) is 48.2 Å². The molecule has 0 bridgehead atoms. The van der Waals surface area contributed by atoms with Gasteiger partial charge in [0.05, 0.1) is 28.2 Å². The minimum atomic E-state index is -0.357. The van der Waals surface area contributed by atoms with Gasteiger partial charge in [-0.3, -0.25) is 0 Å². The molecule has 2 aliphatic carbocycles. The Kier molecular flexibility index (Phi) is 5.71. The van der Waals surface area contributed by atoms with E-state index in [1.54, 1.807) is 0 Å². The zero-order chi connectivity index (χ0) is 32.9. The molecule has 10 rings (SSSR count). The van der Waals surface area contributed by atoms with Gasteiger partial charge in [0.25, 0.3) is 0 Å². The van der Waals surface area contributed by atoms with E-state index in [-0.39, 0.29) is 11.0 Å².